The molecule has 0 aromatic heterocycles. The minimum Gasteiger partial charge on any atom is -0.388 e. The fraction of sp³-hybridized carbons (Fsp3) is 0.444. The zero-order chi connectivity index (χ0) is 13.4. The number of rotatable bonds is 4. The summed E-state index contributed by atoms with van der Waals surface area (Å²) in [6.45, 7) is 4.33. The van der Waals surface area contributed by atoms with Gasteiger partial charge in [0, 0.05) is 0 Å². The number of aliphatic hydroxyl groups is 1. The molecule has 0 bridgehead atoms. The van der Waals surface area contributed by atoms with Crippen molar-refractivity contribution in [2.75, 3.05) is 0 Å². The lowest BCUT2D eigenvalue weighted by molar-refractivity contribution is 0.114. The van der Waals surface area contributed by atoms with Gasteiger partial charge in [0.1, 0.15) is 0 Å². The minimum atomic E-state index is -0.343. The first-order chi connectivity index (χ1) is 9.22. The second-order valence-electron chi connectivity index (χ2n) is 5.86. The van der Waals surface area contributed by atoms with Gasteiger partial charge in [-0.1, -0.05) is 50.6 Å². The Bertz CT molecular complexity index is 590. The van der Waals surface area contributed by atoms with Crippen LogP contribution in [0, 0.1) is 5.92 Å². The van der Waals surface area contributed by atoms with Gasteiger partial charge in [-0.15, -0.1) is 0 Å². The van der Waals surface area contributed by atoms with E-state index in [9.17, 15) is 5.11 Å². The van der Waals surface area contributed by atoms with Gasteiger partial charge in [0.05, 0.1) is 6.10 Å². The van der Waals surface area contributed by atoms with Gasteiger partial charge < -0.3 is 5.11 Å². The Hall–Kier alpha value is -1.34. The molecule has 3 rings (SSSR count). The fourth-order valence-electron chi connectivity index (χ4n) is 3.45. The highest BCUT2D eigenvalue weighted by Crippen LogP contribution is 2.37. The van der Waals surface area contributed by atoms with Crippen LogP contribution in [0.5, 0.6) is 0 Å². The summed E-state index contributed by atoms with van der Waals surface area (Å²) < 4.78 is 0. The third-order valence-corrected chi connectivity index (χ3v) is 4.51. The molecule has 0 saturated carbocycles. The minimum absolute atomic E-state index is 0.323. The SMILES string of the molecule is CCCC(C)C(O)c1ccc2c3c(cccc13)CC2. The summed E-state index contributed by atoms with van der Waals surface area (Å²) >= 11 is 0. The van der Waals surface area contributed by atoms with Crippen LogP contribution in [0.3, 0.4) is 0 Å². The Morgan fingerprint density at radius 2 is 1.84 bits per heavy atom. The van der Waals surface area contributed by atoms with Crippen molar-refractivity contribution in [3.8, 4) is 0 Å². The van der Waals surface area contributed by atoms with Crippen molar-refractivity contribution in [3.63, 3.8) is 0 Å². The lowest BCUT2D eigenvalue weighted by Crippen LogP contribution is -2.09. The first-order valence-corrected chi connectivity index (χ1v) is 7.43. The molecule has 0 spiro atoms. The highest BCUT2D eigenvalue weighted by molar-refractivity contribution is 5.93. The molecule has 2 unspecified atom stereocenters. The molecular formula is C18H22O. The fourth-order valence-corrected chi connectivity index (χ4v) is 3.45. The summed E-state index contributed by atoms with van der Waals surface area (Å²) in [6.07, 6.45) is 4.15. The lowest BCUT2D eigenvalue weighted by Gasteiger charge is -2.21. The van der Waals surface area contributed by atoms with Crippen LogP contribution in [-0.4, -0.2) is 5.11 Å². The summed E-state index contributed by atoms with van der Waals surface area (Å²) in [7, 11) is 0. The molecule has 1 N–H and O–H groups in total. The van der Waals surface area contributed by atoms with Crippen molar-refractivity contribution in [3.05, 3.63) is 47.0 Å². The van der Waals surface area contributed by atoms with Gasteiger partial charge in [-0.2, -0.15) is 0 Å². The highest BCUT2D eigenvalue weighted by atomic mass is 16.3. The molecule has 1 aliphatic carbocycles. The molecule has 0 radical (unpaired) electrons. The molecule has 2 aromatic rings. The Balaban J connectivity index is 2.11. The van der Waals surface area contributed by atoms with Crippen LogP contribution in [-0.2, 0) is 12.8 Å². The van der Waals surface area contributed by atoms with Crippen molar-refractivity contribution in [2.45, 2.75) is 45.6 Å². The van der Waals surface area contributed by atoms with Crippen LogP contribution in [0.2, 0.25) is 0 Å². The van der Waals surface area contributed by atoms with Crippen LogP contribution in [0.25, 0.3) is 10.8 Å². The van der Waals surface area contributed by atoms with E-state index in [1.165, 1.54) is 21.9 Å². The van der Waals surface area contributed by atoms with Crippen molar-refractivity contribution < 1.29 is 5.11 Å². The average molecular weight is 254 g/mol. The van der Waals surface area contributed by atoms with E-state index < -0.39 is 0 Å². The molecule has 2 aromatic carbocycles. The van der Waals surface area contributed by atoms with Crippen molar-refractivity contribution in [1.29, 1.82) is 0 Å². The Morgan fingerprint density at radius 1 is 1.11 bits per heavy atom. The summed E-state index contributed by atoms with van der Waals surface area (Å²) in [5.41, 5.74) is 4.01. The molecule has 1 aliphatic rings. The van der Waals surface area contributed by atoms with Crippen molar-refractivity contribution in [2.24, 2.45) is 5.92 Å². The highest BCUT2D eigenvalue weighted by Gasteiger charge is 2.21. The van der Waals surface area contributed by atoms with Gasteiger partial charge >= 0.3 is 0 Å². The van der Waals surface area contributed by atoms with Gasteiger partial charge in [0.25, 0.3) is 0 Å². The predicted octanol–water partition coefficient (Wildman–Crippen LogP) is 4.41. The van der Waals surface area contributed by atoms with E-state index in [1.54, 1.807) is 0 Å². The van der Waals surface area contributed by atoms with E-state index in [1.807, 2.05) is 0 Å². The van der Waals surface area contributed by atoms with E-state index >= 15 is 0 Å². The zero-order valence-electron chi connectivity index (χ0n) is 11.8. The number of aliphatic hydroxyl groups excluding tert-OH is 1. The van der Waals surface area contributed by atoms with Gasteiger partial charge in [-0.05, 0) is 52.6 Å². The standard InChI is InChI=1S/C18H22O/c1-3-5-12(2)18(19)16-11-10-14-9-8-13-6-4-7-15(16)17(13)14/h4,6-7,10-12,18-19H,3,5,8-9H2,1-2H3. The zero-order valence-corrected chi connectivity index (χ0v) is 11.8. The molecule has 100 valence electrons. The van der Waals surface area contributed by atoms with Crippen LogP contribution in [0.15, 0.2) is 30.3 Å². The normalized spacial score (nSPS) is 16.8. The van der Waals surface area contributed by atoms with E-state index in [0.29, 0.717) is 5.92 Å². The smallest absolute Gasteiger partial charge is 0.0821 e. The molecule has 1 nitrogen and oxygen atoms in total. The van der Waals surface area contributed by atoms with Gasteiger partial charge in [-0.25, -0.2) is 0 Å². The molecule has 2 atom stereocenters. The molecule has 1 heteroatoms. The number of hydrogen-bond donors (Lipinski definition) is 1. The van der Waals surface area contributed by atoms with Crippen molar-refractivity contribution in [1.82, 2.24) is 0 Å². The van der Waals surface area contributed by atoms with Gasteiger partial charge in [0.2, 0.25) is 0 Å². The lowest BCUT2D eigenvalue weighted by atomic mass is 9.89. The third-order valence-electron chi connectivity index (χ3n) is 4.51. The van der Waals surface area contributed by atoms with Crippen LogP contribution in [0.4, 0.5) is 0 Å². The molecule has 0 aliphatic heterocycles. The first-order valence-electron chi connectivity index (χ1n) is 7.43. The summed E-state index contributed by atoms with van der Waals surface area (Å²) in [5, 5.41) is 13.3. The maximum atomic E-state index is 10.6. The Morgan fingerprint density at radius 3 is 2.58 bits per heavy atom. The van der Waals surface area contributed by atoms with E-state index in [-0.39, 0.29) is 6.10 Å². The van der Waals surface area contributed by atoms with Crippen molar-refractivity contribution >= 4 is 10.8 Å². The Kier molecular flexibility index (Phi) is 3.32. The number of hydrogen-bond acceptors (Lipinski definition) is 1. The van der Waals surface area contributed by atoms with Crippen LogP contribution in [0.1, 0.15) is 49.5 Å². The summed E-state index contributed by atoms with van der Waals surface area (Å²) in [5.74, 6) is 0.323. The maximum absolute atomic E-state index is 10.6. The van der Waals surface area contributed by atoms with Crippen LogP contribution < -0.4 is 0 Å². The number of aryl methyl sites for hydroxylation is 2. The summed E-state index contributed by atoms with van der Waals surface area (Å²) in [6, 6.07) is 10.9. The monoisotopic (exact) mass is 254 g/mol. The molecule has 0 saturated heterocycles. The van der Waals surface area contributed by atoms with E-state index in [4.69, 9.17) is 0 Å². The molecule has 0 fully saturated rings. The first kappa shape index (κ1) is 12.7. The quantitative estimate of drug-likeness (QED) is 0.857. The second-order valence-corrected chi connectivity index (χ2v) is 5.86. The van der Waals surface area contributed by atoms with Crippen LogP contribution >= 0.6 is 0 Å². The molecular weight excluding hydrogens is 232 g/mol. The molecule has 19 heavy (non-hydrogen) atoms. The van der Waals surface area contributed by atoms with Gasteiger partial charge in [-0.3, -0.25) is 0 Å². The summed E-state index contributed by atoms with van der Waals surface area (Å²) in [4.78, 5) is 0. The topological polar surface area (TPSA) is 20.2 Å². The maximum Gasteiger partial charge on any atom is 0.0821 e. The average Bonchev–Trinajstić information content (AvgIpc) is 2.84. The Labute approximate surface area is 115 Å². The van der Waals surface area contributed by atoms with E-state index in [0.717, 1.165) is 31.2 Å². The third kappa shape index (κ3) is 2.06. The second kappa shape index (κ2) is 4.97. The largest absolute Gasteiger partial charge is 0.388 e. The van der Waals surface area contributed by atoms with Gasteiger partial charge in [0.15, 0.2) is 0 Å². The number of benzene rings is 2. The predicted molar refractivity (Wildman–Crippen MR) is 80.4 cm³/mol. The van der Waals surface area contributed by atoms with E-state index in [2.05, 4.69) is 44.2 Å². The molecule has 0 heterocycles. The molecule has 0 amide bonds.